The van der Waals surface area contributed by atoms with Gasteiger partial charge >= 0.3 is 0 Å². The number of likely N-dealkylation sites (tertiary alicyclic amines) is 2. The number of rotatable bonds is 4. The van der Waals surface area contributed by atoms with Gasteiger partial charge in [0.2, 0.25) is 5.91 Å². The third-order valence-corrected chi connectivity index (χ3v) is 9.00. The van der Waals surface area contributed by atoms with Gasteiger partial charge in [0, 0.05) is 43.0 Å². The summed E-state index contributed by atoms with van der Waals surface area (Å²) in [6.07, 6.45) is 7.28. The second-order valence-electron chi connectivity index (χ2n) is 10.8. The number of carbonyl (C=O) groups is 1. The molecule has 1 aromatic carbocycles. The molecule has 0 spiro atoms. The van der Waals surface area contributed by atoms with Gasteiger partial charge < -0.3 is 15.1 Å². The average Bonchev–Trinajstić information content (AvgIpc) is 3.54. The van der Waals surface area contributed by atoms with Crippen LogP contribution in [-0.4, -0.2) is 73.5 Å². The van der Waals surface area contributed by atoms with Gasteiger partial charge in [-0.25, -0.2) is 0 Å². The Hall–Kier alpha value is -2.38. The third kappa shape index (κ3) is 3.31. The molecule has 176 valence electrons. The highest BCUT2D eigenvalue weighted by atomic mass is 16.3. The molecule has 4 aliphatic rings. The van der Waals surface area contributed by atoms with Gasteiger partial charge in [-0.2, -0.15) is 5.10 Å². The van der Waals surface area contributed by atoms with Crippen molar-refractivity contribution in [1.29, 1.82) is 0 Å². The Morgan fingerprint density at radius 1 is 1.15 bits per heavy atom. The van der Waals surface area contributed by atoms with Crippen LogP contribution in [0.3, 0.4) is 0 Å². The lowest BCUT2D eigenvalue weighted by molar-refractivity contribution is -0.149. The van der Waals surface area contributed by atoms with Gasteiger partial charge in [-0.15, -0.1) is 0 Å². The van der Waals surface area contributed by atoms with Crippen molar-refractivity contribution in [2.45, 2.75) is 69.1 Å². The fourth-order valence-corrected chi connectivity index (χ4v) is 6.91. The first-order chi connectivity index (χ1) is 15.9. The Morgan fingerprint density at radius 2 is 1.94 bits per heavy atom. The van der Waals surface area contributed by atoms with Crippen LogP contribution in [0.1, 0.15) is 48.9 Å². The number of aromatic nitrogens is 2. The van der Waals surface area contributed by atoms with Crippen molar-refractivity contribution in [2.24, 2.45) is 5.92 Å². The zero-order chi connectivity index (χ0) is 22.8. The molecule has 2 aliphatic heterocycles. The monoisotopic (exact) mass is 450 g/mol. The van der Waals surface area contributed by atoms with Crippen LogP contribution in [0.2, 0.25) is 0 Å². The van der Waals surface area contributed by atoms with Crippen LogP contribution >= 0.6 is 0 Å². The van der Waals surface area contributed by atoms with E-state index in [-0.39, 0.29) is 24.2 Å². The zero-order valence-electron chi connectivity index (χ0n) is 19.4. The highest BCUT2D eigenvalue weighted by Crippen LogP contribution is 2.56. The molecule has 0 radical (unpaired) electrons. The van der Waals surface area contributed by atoms with Crippen LogP contribution in [0, 0.1) is 12.8 Å². The van der Waals surface area contributed by atoms with Crippen molar-refractivity contribution < 1.29 is 15.0 Å². The van der Waals surface area contributed by atoms with Crippen molar-refractivity contribution in [3.8, 4) is 5.75 Å². The summed E-state index contributed by atoms with van der Waals surface area (Å²) in [4.78, 5) is 17.7. The van der Waals surface area contributed by atoms with Crippen molar-refractivity contribution in [1.82, 2.24) is 19.6 Å². The number of phenols is 1. The van der Waals surface area contributed by atoms with E-state index in [0.29, 0.717) is 19.5 Å². The molecular weight excluding hydrogens is 416 g/mol. The van der Waals surface area contributed by atoms with E-state index in [1.165, 1.54) is 18.4 Å². The normalized spacial score (nSPS) is 31.6. The summed E-state index contributed by atoms with van der Waals surface area (Å²) in [6, 6.07) is 7.69. The lowest BCUT2D eigenvalue weighted by Crippen LogP contribution is -2.71. The topological polar surface area (TPSA) is 81.8 Å². The van der Waals surface area contributed by atoms with Gasteiger partial charge in [-0.3, -0.25) is 14.4 Å². The molecule has 6 rings (SSSR count). The molecule has 7 heteroatoms. The highest BCUT2D eigenvalue weighted by Gasteiger charge is 2.63. The number of aliphatic hydroxyl groups is 1. The molecule has 3 atom stereocenters. The minimum atomic E-state index is -0.905. The number of aromatic hydroxyl groups is 1. The Morgan fingerprint density at radius 3 is 2.70 bits per heavy atom. The fourth-order valence-electron chi connectivity index (χ4n) is 6.91. The number of amides is 1. The van der Waals surface area contributed by atoms with E-state index in [4.69, 9.17) is 0 Å². The molecule has 0 unspecified atom stereocenters. The number of nitrogens with zero attached hydrogens (tertiary/aromatic N) is 4. The molecule has 1 aromatic heterocycles. The largest absolute Gasteiger partial charge is 0.508 e. The molecule has 2 bridgehead atoms. The Bertz CT molecular complexity index is 1080. The number of benzene rings is 1. The molecule has 1 amide bonds. The fraction of sp³-hybridized carbons (Fsp3) is 0.615. The van der Waals surface area contributed by atoms with Crippen LogP contribution in [-0.2, 0) is 23.2 Å². The van der Waals surface area contributed by atoms with Gasteiger partial charge in [0.1, 0.15) is 12.3 Å². The van der Waals surface area contributed by atoms with Crippen LogP contribution < -0.4 is 0 Å². The maximum Gasteiger partial charge on any atom is 0.244 e. The minimum Gasteiger partial charge on any atom is -0.508 e. The summed E-state index contributed by atoms with van der Waals surface area (Å²) >= 11 is 0. The van der Waals surface area contributed by atoms with Gasteiger partial charge in [0.05, 0.1) is 5.60 Å². The first kappa shape index (κ1) is 21.2. The molecular formula is C26H34N4O3. The van der Waals surface area contributed by atoms with E-state index < -0.39 is 11.0 Å². The van der Waals surface area contributed by atoms with Crippen LogP contribution in [0.4, 0.5) is 0 Å². The number of aryl methyl sites for hydroxylation is 1. The van der Waals surface area contributed by atoms with Crippen LogP contribution in [0.5, 0.6) is 5.75 Å². The number of phenolic OH excluding ortho intramolecular Hbond substituents is 1. The predicted molar refractivity (Wildman–Crippen MR) is 124 cm³/mol. The number of carbonyl (C=O) groups excluding carboxylic acids is 1. The van der Waals surface area contributed by atoms with Gasteiger partial charge in [-0.1, -0.05) is 6.07 Å². The molecule has 2 N–H and O–H groups in total. The van der Waals surface area contributed by atoms with E-state index in [1.807, 2.05) is 30.0 Å². The van der Waals surface area contributed by atoms with E-state index in [2.05, 4.69) is 10.00 Å². The lowest BCUT2D eigenvalue weighted by atomic mass is 9.52. The number of hydrogen-bond donors (Lipinski definition) is 2. The smallest absolute Gasteiger partial charge is 0.244 e. The van der Waals surface area contributed by atoms with E-state index in [1.54, 1.807) is 16.9 Å². The van der Waals surface area contributed by atoms with Crippen molar-refractivity contribution in [3.63, 3.8) is 0 Å². The first-order valence-electron chi connectivity index (χ1n) is 12.4. The number of fused-ring (bicyclic) bond motifs is 1. The van der Waals surface area contributed by atoms with Crippen molar-refractivity contribution >= 4 is 5.91 Å². The summed E-state index contributed by atoms with van der Waals surface area (Å²) < 4.78 is 1.75. The first-order valence-corrected chi connectivity index (χ1v) is 12.4. The SMILES string of the molecule is Cc1ccnn1CC(=O)N1CC[C@]23CCN(CC4CC4)[C@H](Cc4ccc(O)cc42)[C@]3(O)CC1. The molecule has 2 saturated heterocycles. The quantitative estimate of drug-likeness (QED) is 0.747. The average molecular weight is 451 g/mol. The van der Waals surface area contributed by atoms with Gasteiger partial charge in [0.15, 0.2) is 0 Å². The van der Waals surface area contributed by atoms with Crippen LogP contribution in [0.25, 0.3) is 0 Å². The van der Waals surface area contributed by atoms with Crippen LogP contribution in [0.15, 0.2) is 30.5 Å². The summed E-state index contributed by atoms with van der Waals surface area (Å²) in [6.45, 7) is 5.40. The Labute approximate surface area is 195 Å². The molecule has 3 fully saturated rings. The minimum absolute atomic E-state index is 0.0564. The maximum atomic E-state index is 13.2. The lowest BCUT2D eigenvalue weighted by Gasteiger charge is -2.61. The van der Waals surface area contributed by atoms with E-state index in [0.717, 1.165) is 49.5 Å². The molecule has 1 saturated carbocycles. The third-order valence-electron chi connectivity index (χ3n) is 9.00. The molecule has 7 nitrogen and oxygen atoms in total. The standard InChI is InChI=1S/C26H34N4O3/c1-18-6-10-27-30(18)17-24(32)28-11-7-25-8-12-29(16-19-2-3-19)23(26(25,33)9-13-28)14-20-4-5-21(31)15-22(20)25/h4-6,10,15,19,23,31,33H,2-3,7-9,11-14,16-17H2,1H3/t23-,25+,26-/m1/s1. The van der Waals surface area contributed by atoms with Gasteiger partial charge in [0.25, 0.3) is 0 Å². The summed E-state index contributed by atoms with van der Waals surface area (Å²) in [5, 5.41) is 27.1. The molecule has 2 aromatic rings. The van der Waals surface area contributed by atoms with E-state index in [9.17, 15) is 15.0 Å². The Kier molecular flexibility index (Phi) is 4.86. The van der Waals surface area contributed by atoms with Gasteiger partial charge in [-0.05, 0) is 87.2 Å². The second kappa shape index (κ2) is 7.57. The maximum absolute atomic E-state index is 13.2. The summed E-state index contributed by atoms with van der Waals surface area (Å²) in [7, 11) is 0. The Balaban J connectivity index is 1.34. The molecule has 2 aliphatic carbocycles. The van der Waals surface area contributed by atoms with Crippen molar-refractivity contribution in [3.05, 3.63) is 47.3 Å². The van der Waals surface area contributed by atoms with Crippen molar-refractivity contribution in [2.75, 3.05) is 26.2 Å². The number of hydrogen-bond acceptors (Lipinski definition) is 5. The zero-order valence-corrected chi connectivity index (χ0v) is 19.4. The predicted octanol–water partition coefficient (Wildman–Crippen LogP) is 2.23. The van der Waals surface area contributed by atoms with E-state index >= 15 is 0 Å². The number of piperidine rings is 1. The summed E-state index contributed by atoms with van der Waals surface area (Å²) in [5.41, 5.74) is 1.98. The molecule has 33 heavy (non-hydrogen) atoms. The molecule has 3 heterocycles. The highest BCUT2D eigenvalue weighted by molar-refractivity contribution is 5.76. The second-order valence-corrected chi connectivity index (χ2v) is 10.8. The summed E-state index contributed by atoms with van der Waals surface area (Å²) in [5.74, 6) is 1.08.